The number of benzene rings is 2. The lowest BCUT2D eigenvalue weighted by Crippen LogP contribution is -2.83. The molecule has 0 atom stereocenters. The molecule has 4 heteroatoms. The molecule has 0 aliphatic heterocycles. The first kappa shape index (κ1) is 15.3. The van der Waals surface area contributed by atoms with E-state index in [4.69, 9.17) is 9.47 Å². The van der Waals surface area contributed by atoms with Gasteiger partial charge in [0.25, 0.3) is 0 Å². The Morgan fingerprint density at radius 2 is 1.86 bits per heavy atom. The maximum absolute atomic E-state index is 13.1. The molecule has 112 valence electrons. The lowest BCUT2D eigenvalue weighted by Gasteiger charge is -2.11. The van der Waals surface area contributed by atoms with Crippen molar-refractivity contribution in [1.29, 1.82) is 0 Å². The van der Waals surface area contributed by atoms with Crippen LogP contribution in [-0.4, -0.2) is 20.8 Å². The molecule has 0 spiro atoms. The fourth-order valence-corrected chi connectivity index (χ4v) is 2.33. The summed E-state index contributed by atoms with van der Waals surface area (Å²) in [5, 5.41) is 2.18. The quantitative estimate of drug-likeness (QED) is 0.793. The van der Waals surface area contributed by atoms with Crippen LogP contribution in [0.2, 0.25) is 0 Å². The summed E-state index contributed by atoms with van der Waals surface area (Å²) in [5.41, 5.74) is 2.11. The minimum absolute atomic E-state index is 0.179. The van der Waals surface area contributed by atoms with Crippen LogP contribution in [0.15, 0.2) is 42.5 Å². The minimum atomic E-state index is -0.179. The van der Waals surface area contributed by atoms with Gasteiger partial charge in [-0.15, -0.1) is 0 Å². The first-order chi connectivity index (χ1) is 10.2. The Balaban J connectivity index is 1.89. The summed E-state index contributed by atoms with van der Waals surface area (Å²) in [6.07, 6.45) is 0.837. The van der Waals surface area contributed by atoms with Crippen LogP contribution < -0.4 is 14.8 Å². The van der Waals surface area contributed by atoms with Crippen molar-refractivity contribution in [2.75, 3.05) is 20.8 Å². The van der Waals surface area contributed by atoms with E-state index in [-0.39, 0.29) is 5.82 Å². The number of halogens is 1. The van der Waals surface area contributed by atoms with E-state index in [9.17, 15) is 4.39 Å². The van der Waals surface area contributed by atoms with Gasteiger partial charge >= 0.3 is 0 Å². The molecule has 0 amide bonds. The molecule has 0 unspecified atom stereocenters. The highest BCUT2D eigenvalue weighted by Gasteiger charge is 2.10. The van der Waals surface area contributed by atoms with Gasteiger partial charge in [-0.2, -0.15) is 0 Å². The summed E-state index contributed by atoms with van der Waals surface area (Å²) >= 11 is 0. The molecule has 0 aromatic heterocycles. The average molecular weight is 290 g/mol. The SMILES string of the molecule is COc1cccc(C[NH2+]CCc2cccc(F)c2)c1OC. The molecular formula is C17H21FNO2+. The van der Waals surface area contributed by atoms with Crippen LogP contribution >= 0.6 is 0 Å². The second-order valence-corrected chi connectivity index (χ2v) is 4.81. The summed E-state index contributed by atoms with van der Waals surface area (Å²) in [6.45, 7) is 1.69. The maximum atomic E-state index is 13.1. The second-order valence-electron chi connectivity index (χ2n) is 4.81. The van der Waals surface area contributed by atoms with Gasteiger partial charge in [0.1, 0.15) is 12.4 Å². The number of hydrogen-bond acceptors (Lipinski definition) is 2. The normalized spacial score (nSPS) is 10.4. The van der Waals surface area contributed by atoms with E-state index in [0.29, 0.717) is 0 Å². The van der Waals surface area contributed by atoms with Crippen molar-refractivity contribution in [3.63, 3.8) is 0 Å². The van der Waals surface area contributed by atoms with Crippen molar-refractivity contribution >= 4 is 0 Å². The van der Waals surface area contributed by atoms with Crippen LogP contribution in [0, 0.1) is 5.82 Å². The summed E-state index contributed by atoms with van der Waals surface area (Å²) in [4.78, 5) is 0. The second kappa shape index (κ2) is 7.64. The van der Waals surface area contributed by atoms with E-state index < -0.39 is 0 Å². The van der Waals surface area contributed by atoms with E-state index in [1.165, 1.54) is 6.07 Å². The zero-order valence-electron chi connectivity index (χ0n) is 12.4. The lowest BCUT2D eigenvalue weighted by atomic mass is 10.1. The van der Waals surface area contributed by atoms with Gasteiger partial charge in [0.2, 0.25) is 0 Å². The van der Waals surface area contributed by atoms with Crippen LogP contribution in [0.25, 0.3) is 0 Å². The standard InChI is InChI=1S/C17H20FNO2/c1-20-16-8-4-6-14(17(16)21-2)12-19-10-9-13-5-3-7-15(18)11-13/h3-8,11,19H,9-10,12H2,1-2H3/p+1. The van der Waals surface area contributed by atoms with Crippen molar-refractivity contribution in [3.8, 4) is 11.5 Å². The molecule has 0 aliphatic rings. The Hall–Kier alpha value is -2.07. The van der Waals surface area contributed by atoms with Crippen molar-refractivity contribution in [2.24, 2.45) is 0 Å². The molecule has 0 saturated carbocycles. The smallest absolute Gasteiger partial charge is 0.169 e. The predicted molar refractivity (Wildman–Crippen MR) is 80.1 cm³/mol. The molecule has 3 nitrogen and oxygen atoms in total. The van der Waals surface area contributed by atoms with E-state index in [2.05, 4.69) is 5.32 Å². The first-order valence-corrected chi connectivity index (χ1v) is 7.00. The van der Waals surface area contributed by atoms with Crippen LogP contribution in [0.3, 0.4) is 0 Å². The van der Waals surface area contributed by atoms with E-state index in [1.54, 1.807) is 26.4 Å². The Kier molecular flexibility index (Phi) is 5.58. The zero-order valence-corrected chi connectivity index (χ0v) is 12.4. The topological polar surface area (TPSA) is 35.1 Å². The third kappa shape index (κ3) is 4.20. The highest BCUT2D eigenvalue weighted by atomic mass is 19.1. The third-order valence-electron chi connectivity index (χ3n) is 3.37. The monoisotopic (exact) mass is 290 g/mol. The van der Waals surface area contributed by atoms with Crippen molar-refractivity contribution < 1.29 is 19.2 Å². The molecule has 2 aromatic rings. The number of rotatable bonds is 7. The Bertz CT molecular complexity index is 587. The molecule has 2 aromatic carbocycles. The largest absolute Gasteiger partial charge is 0.493 e. The van der Waals surface area contributed by atoms with Crippen LogP contribution in [0.1, 0.15) is 11.1 Å². The number of quaternary nitrogens is 1. The molecule has 0 radical (unpaired) electrons. The van der Waals surface area contributed by atoms with Gasteiger partial charge in [-0.3, -0.25) is 0 Å². The lowest BCUT2D eigenvalue weighted by molar-refractivity contribution is -0.670. The van der Waals surface area contributed by atoms with Gasteiger partial charge in [-0.25, -0.2) is 4.39 Å². The van der Waals surface area contributed by atoms with Gasteiger partial charge in [0, 0.05) is 6.42 Å². The van der Waals surface area contributed by atoms with Gasteiger partial charge in [0.15, 0.2) is 11.5 Å². The summed E-state index contributed by atoms with van der Waals surface area (Å²) in [7, 11) is 3.28. The Labute approximate surface area is 124 Å². The molecule has 2 N–H and O–H groups in total. The highest BCUT2D eigenvalue weighted by molar-refractivity contribution is 5.46. The van der Waals surface area contributed by atoms with Gasteiger partial charge in [-0.05, 0) is 29.8 Å². The summed E-state index contributed by atoms with van der Waals surface area (Å²) < 4.78 is 23.8. The number of methoxy groups -OCH3 is 2. The van der Waals surface area contributed by atoms with Crippen LogP contribution in [-0.2, 0) is 13.0 Å². The maximum Gasteiger partial charge on any atom is 0.169 e. The number of hydrogen-bond donors (Lipinski definition) is 1. The highest BCUT2D eigenvalue weighted by Crippen LogP contribution is 2.29. The minimum Gasteiger partial charge on any atom is -0.493 e. The molecule has 0 saturated heterocycles. The molecule has 21 heavy (non-hydrogen) atoms. The zero-order chi connectivity index (χ0) is 15.1. The Morgan fingerprint density at radius 3 is 2.57 bits per heavy atom. The summed E-state index contributed by atoms with van der Waals surface area (Å²) in [5.74, 6) is 1.34. The number of nitrogens with two attached hydrogens (primary N) is 1. The van der Waals surface area contributed by atoms with Crippen LogP contribution in [0.5, 0.6) is 11.5 Å². The van der Waals surface area contributed by atoms with Gasteiger partial charge < -0.3 is 14.8 Å². The van der Waals surface area contributed by atoms with Crippen molar-refractivity contribution in [2.45, 2.75) is 13.0 Å². The molecule has 2 rings (SSSR count). The van der Waals surface area contributed by atoms with Crippen molar-refractivity contribution in [1.82, 2.24) is 0 Å². The molecular weight excluding hydrogens is 269 g/mol. The third-order valence-corrected chi connectivity index (χ3v) is 3.37. The van der Waals surface area contributed by atoms with Gasteiger partial charge in [0.05, 0.1) is 26.3 Å². The fraction of sp³-hybridized carbons (Fsp3) is 0.294. The van der Waals surface area contributed by atoms with E-state index in [0.717, 1.165) is 42.1 Å². The number of ether oxygens (including phenoxy) is 2. The first-order valence-electron chi connectivity index (χ1n) is 7.00. The molecule has 0 heterocycles. The van der Waals surface area contributed by atoms with E-state index >= 15 is 0 Å². The molecule has 0 aliphatic carbocycles. The molecule has 0 bridgehead atoms. The van der Waals surface area contributed by atoms with Crippen molar-refractivity contribution in [3.05, 3.63) is 59.4 Å². The Morgan fingerprint density at radius 1 is 1.05 bits per heavy atom. The van der Waals surface area contributed by atoms with Crippen LogP contribution in [0.4, 0.5) is 4.39 Å². The predicted octanol–water partition coefficient (Wildman–Crippen LogP) is 2.15. The fourth-order valence-electron chi connectivity index (χ4n) is 2.33. The summed E-state index contributed by atoms with van der Waals surface area (Å²) in [6, 6.07) is 12.6. The molecule has 0 fully saturated rings. The van der Waals surface area contributed by atoms with Gasteiger partial charge in [-0.1, -0.05) is 18.2 Å². The van der Waals surface area contributed by atoms with E-state index in [1.807, 2.05) is 24.3 Å². The number of para-hydroxylation sites is 1. The average Bonchev–Trinajstić information content (AvgIpc) is 2.51.